The van der Waals surface area contributed by atoms with E-state index in [1.54, 1.807) is 35.9 Å². The molecule has 3 heterocycles. The van der Waals surface area contributed by atoms with E-state index in [9.17, 15) is 9.59 Å². The minimum Gasteiger partial charge on any atom is -0.346 e. The molecule has 154 valence electrons. The third-order valence-electron chi connectivity index (χ3n) is 5.34. The van der Waals surface area contributed by atoms with Crippen LogP contribution in [0.15, 0.2) is 66.3 Å². The summed E-state index contributed by atoms with van der Waals surface area (Å²) in [6.07, 6.45) is 4.30. The van der Waals surface area contributed by atoms with Gasteiger partial charge in [0.2, 0.25) is 0 Å². The predicted molar refractivity (Wildman–Crippen MR) is 117 cm³/mol. The van der Waals surface area contributed by atoms with E-state index in [-0.39, 0.29) is 6.04 Å². The third-order valence-corrected chi connectivity index (χ3v) is 6.31. The van der Waals surface area contributed by atoms with Gasteiger partial charge in [0.1, 0.15) is 0 Å². The summed E-state index contributed by atoms with van der Waals surface area (Å²) in [5.41, 5.74) is 3.61. The van der Waals surface area contributed by atoms with Crippen LogP contribution in [0.25, 0.3) is 0 Å². The van der Waals surface area contributed by atoms with E-state index < -0.39 is 11.8 Å². The summed E-state index contributed by atoms with van der Waals surface area (Å²) in [7, 11) is 0. The highest BCUT2D eigenvalue weighted by atomic mass is 32.1. The highest BCUT2D eigenvalue weighted by Crippen LogP contribution is 2.29. The Hall–Kier alpha value is -3.03. The van der Waals surface area contributed by atoms with Crippen molar-refractivity contribution in [2.24, 2.45) is 0 Å². The number of rotatable bonds is 6. The Morgan fingerprint density at radius 3 is 2.53 bits per heavy atom. The zero-order valence-electron chi connectivity index (χ0n) is 16.6. The van der Waals surface area contributed by atoms with Gasteiger partial charge in [0.15, 0.2) is 0 Å². The van der Waals surface area contributed by atoms with Crippen molar-refractivity contribution < 1.29 is 9.59 Å². The quantitative estimate of drug-likeness (QED) is 0.602. The summed E-state index contributed by atoms with van der Waals surface area (Å²) in [4.78, 5) is 32.1. The van der Waals surface area contributed by atoms with E-state index in [1.165, 1.54) is 16.0 Å². The molecular formula is C23H24N4O2S. The Morgan fingerprint density at radius 2 is 1.77 bits per heavy atom. The molecule has 1 aliphatic heterocycles. The lowest BCUT2D eigenvalue weighted by molar-refractivity contribution is -0.139. The molecule has 7 heteroatoms. The Morgan fingerprint density at radius 1 is 1.00 bits per heavy atom. The number of aromatic nitrogens is 1. The molecule has 0 saturated heterocycles. The Labute approximate surface area is 180 Å². The first-order valence-corrected chi connectivity index (χ1v) is 10.9. The molecule has 3 aromatic rings. The number of pyridine rings is 1. The third kappa shape index (κ3) is 4.93. The summed E-state index contributed by atoms with van der Waals surface area (Å²) >= 11 is 1.67. The van der Waals surface area contributed by atoms with Gasteiger partial charge >= 0.3 is 11.8 Å². The monoisotopic (exact) mass is 420 g/mol. The largest absolute Gasteiger partial charge is 0.346 e. The van der Waals surface area contributed by atoms with E-state index in [1.807, 2.05) is 11.4 Å². The molecule has 30 heavy (non-hydrogen) atoms. The van der Waals surface area contributed by atoms with Crippen LogP contribution in [-0.2, 0) is 29.1 Å². The molecule has 0 unspecified atom stereocenters. The maximum absolute atomic E-state index is 12.4. The fourth-order valence-electron chi connectivity index (χ4n) is 3.71. The van der Waals surface area contributed by atoms with E-state index in [0.717, 1.165) is 25.1 Å². The lowest BCUT2D eigenvalue weighted by Gasteiger charge is -2.35. The van der Waals surface area contributed by atoms with Crippen LogP contribution < -0.4 is 10.6 Å². The molecule has 2 aromatic heterocycles. The van der Waals surface area contributed by atoms with Crippen molar-refractivity contribution >= 4 is 23.2 Å². The first kappa shape index (κ1) is 20.3. The Kier molecular flexibility index (Phi) is 6.51. The molecule has 1 aromatic carbocycles. The number of amides is 2. The molecule has 0 radical (unpaired) electrons. The minimum atomic E-state index is -0.624. The summed E-state index contributed by atoms with van der Waals surface area (Å²) in [6.45, 7) is 2.45. The fourth-order valence-corrected chi connectivity index (χ4v) is 4.57. The molecular weight excluding hydrogens is 396 g/mol. The fraction of sp³-hybridized carbons (Fsp3) is 0.261. The molecule has 2 amide bonds. The number of nitrogens with zero attached hydrogens (tertiary/aromatic N) is 2. The average molecular weight is 421 g/mol. The van der Waals surface area contributed by atoms with E-state index in [0.29, 0.717) is 13.1 Å². The van der Waals surface area contributed by atoms with Gasteiger partial charge in [-0.15, -0.1) is 11.3 Å². The molecule has 4 rings (SSSR count). The highest BCUT2D eigenvalue weighted by Gasteiger charge is 2.26. The van der Waals surface area contributed by atoms with Crippen molar-refractivity contribution in [1.82, 2.24) is 20.5 Å². The molecule has 0 saturated carbocycles. The molecule has 1 aliphatic rings. The Bertz CT molecular complexity index is 991. The number of hydrogen-bond acceptors (Lipinski definition) is 5. The van der Waals surface area contributed by atoms with Crippen LogP contribution in [-0.4, -0.2) is 34.8 Å². The number of carbonyl (C=O) groups is 2. The summed E-state index contributed by atoms with van der Waals surface area (Å²) < 4.78 is 0. The van der Waals surface area contributed by atoms with E-state index in [2.05, 4.69) is 50.8 Å². The van der Waals surface area contributed by atoms with Crippen molar-refractivity contribution in [3.8, 4) is 0 Å². The second-order valence-corrected chi connectivity index (χ2v) is 8.25. The zero-order chi connectivity index (χ0) is 20.8. The van der Waals surface area contributed by atoms with Gasteiger partial charge in [-0.25, -0.2) is 0 Å². The molecule has 1 atom stereocenters. The van der Waals surface area contributed by atoms with Gasteiger partial charge < -0.3 is 10.6 Å². The number of thiophene rings is 1. The van der Waals surface area contributed by atoms with Gasteiger partial charge in [-0.2, -0.15) is 0 Å². The van der Waals surface area contributed by atoms with Crippen LogP contribution in [0.1, 0.15) is 27.6 Å². The van der Waals surface area contributed by atoms with Gasteiger partial charge in [-0.1, -0.05) is 30.3 Å². The molecule has 0 fully saturated rings. The van der Waals surface area contributed by atoms with Gasteiger partial charge in [0.05, 0.1) is 6.04 Å². The van der Waals surface area contributed by atoms with Gasteiger partial charge in [0.25, 0.3) is 0 Å². The van der Waals surface area contributed by atoms with Gasteiger partial charge in [0, 0.05) is 43.4 Å². The Balaban J connectivity index is 1.37. The van der Waals surface area contributed by atoms with Crippen molar-refractivity contribution in [3.63, 3.8) is 0 Å². The first-order valence-electron chi connectivity index (χ1n) is 10.00. The van der Waals surface area contributed by atoms with Crippen LogP contribution in [0.3, 0.4) is 0 Å². The molecule has 0 spiro atoms. The lowest BCUT2D eigenvalue weighted by atomic mass is 9.98. The van der Waals surface area contributed by atoms with Crippen LogP contribution in [0.4, 0.5) is 0 Å². The van der Waals surface area contributed by atoms with E-state index in [4.69, 9.17) is 0 Å². The van der Waals surface area contributed by atoms with Gasteiger partial charge in [-0.3, -0.25) is 19.5 Å². The van der Waals surface area contributed by atoms with Crippen molar-refractivity contribution in [1.29, 1.82) is 0 Å². The first-order chi connectivity index (χ1) is 14.7. The molecule has 6 nitrogen and oxygen atoms in total. The number of benzene rings is 1. The highest BCUT2D eigenvalue weighted by molar-refractivity contribution is 7.10. The topological polar surface area (TPSA) is 74.3 Å². The van der Waals surface area contributed by atoms with Crippen LogP contribution in [0.5, 0.6) is 0 Å². The van der Waals surface area contributed by atoms with Crippen LogP contribution in [0, 0.1) is 0 Å². The smallest absolute Gasteiger partial charge is 0.309 e. The average Bonchev–Trinajstić information content (AvgIpc) is 3.32. The molecule has 2 N–H and O–H groups in total. The molecule has 0 bridgehead atoms. The van der Waals surface area contributed by atoms with E-state index >= 15 is 0 Å². The maximum atomic E-state index is 12.4. The second-order valence-electron chi connectivity index (χ2n) is 7.27. The van der Waals surface area contributed by atoms with Crippen LogP contribution in [0.2, 0.25) is 0 Å². The minimum absolute atomic E-state index is 0.0373. The predicted octanol–water partition coefficient (Wildman–Crippen LogP) is 2.68. The summed E-state index contributed by atoms with van der Waals surface area (Å²) in [5.74, 6) is -1.23. The summed E-state index contributed by atoms with van der Waals surface area (Å²) in [5, 5.41) is 7.54. The van der Waals surface area contributed by atoms with Crippen molar-refractivity contribution in [2.45, 2.75) is 25.6 Å². The van der Waals surface area contributed by atoms with Crippen molar-refractivity contribution in [2.75, 3.05) is 13.1 Å². The lowest BCUT2D eigenvalue weighted by Crippen LogP contribution is -2.44. The SMILES string of the molecule is O=C(NCc1ccncc1)C(=O)NC[C@@H](c1cccs1)N1CCc2ccccc2C1. The number of fused-ring (bicyclic) bond motifs is 1. The summed E-state index contributed by atoms with van der Waals surface area (Å²) in [6, 6.07) is 16.3. The van der Waals surface area contributed by atoms with Crippen molar-refractivity contribution in [3.05, 3.63) is 87.9 Å². The zero-order valence-corrected chi connectivity index (χ0v) is 17.4. The number of carbonyl (C=O) groups excluding carboxylic acids is 2. The second kappa shape index (κ2) is 9.65. The number of nitrogens with one attached hydrogen (secondary N) is 2. The maximum Gasteiger partial charge on any atom is 0.309 e. The van der Waals surface area contributed by atoms with Crippen LogP contribution >= 0.6 is 11.3 Å². The molecule has 0 aliphatic carbocycles. The standard InChI is InChI=1S/C23H24N4O2S/c28-22(25-14-17-7-10-24-11-8-17)23(29)26-15-20(21-6-3-13-30-21)27-12-9-18-4-1-2-5-19(18)16-27/h1-8,10-11,13,20H,9,12,14-16H2,(H,25,28)(H,26,29)/t20-/m0/s1. The van der Waals surface area contributed by atoms with Gasteiger partial charge in [-0.05, 0) is 46.7 Å². The normalized spacial score (nSPS) is 14.5. The number of hydrogen-bond donors (Lipinski definition) is 2.